The molecule has 1 heterocycles. The van der Waals surface area contributed by atoms with Crippen LogP contribution in [0, 0.1) is 0 Å². The second kappa shape index (κ2) is 4.23. The Balaban J connectivity index is 2.88. The molecule has 0 radical (unpaired) electrons. The molecule has 0 aliphatic heterocycles. The molecule has 0 saturated heterocycles. The summed E-state index contributed by atoms with van der Waals surface area (Å²) in [6, 6.07) is 2.50. The molecule has 1 atom stereocenters. The van der Waals surface area contributed by atoms with Gasteiger partial charge in [-0.25, -0.2) is 0 Å². The molecular formula is C8H9ClF3NO. The molecule has 0 amide bonds. The molecule has 0 spiro atoms. The summed E-state index contributed by atoms with van der Waals surface area (Å²) in [6.07, 6.45) is -4.55. The van der Waals surface area contributed by atoms with Gasteiger partial charge in [-0.15, -0.1) is 0 Å². The van der Waals surface area contributed by atoms with Crippen LogP contribution >= 0.6 is 11.6 Å². The van der Waals surface area contributed by atoms with Crippen molar-refractivity contribution < 1.29 is 17.6 Å². The highest BCUT2D eigenvalue weighted by Gasteiger charge is 2.42. The third-order valence-electron chi connectivity index (χ3n) is 1.79. The number of alkyl halides is 3. The van der Waals surface area contributed by atoms with Gasteiger partial charge >= 0.3 is 6.18 Å². The van der Waals surface area contributed by atoms with E-state index in [2.05, 4.69) is 0 Å². The standard InChI is InChI=1S/C8H9ClF3NO/c9-7-2-1-6(14-7)5(3-4-13)8(10,11)12/h1-2,5H,3-4,13H2. The fourth-order valence-corrected chi connectivity index (χ4v) is 1.30. The van der Waals surface area contributed by atoms with Crippen LogP contribution in [0.5, 0.6) is 0 Å². The summed E-state index contributed by atoms with van der Waals surface area (Å²) < 4.78 is 42.0. The molecule has 6 heteroatoms. The Bertz CT molecular complexity index is 297. The SMILES string of the molecule is NCCC(c1ccc(Cl)o1)C(F)(F)F. The Morgan fingerprint density at radius 1 is 1.43 bits per heavy atom. The van der Waals surface area contributed by atoms with Crippen LogP contribution in [-0.2, 0) is 0 Å². The van der Waals surface area contributed by atoms with E-state index in [-0.39, 0.29) is 23.9 Å². The summed E-state index contributed by atoms with van der Waals surface area (Å²) in [5, 5.41) is -0.0497. The highest BCUT2D eigenvalue weighted by atomic mass is 35.5. The van der Waals surface area contributed by atoms with E-state index in [9.17, 15) is 13.2 Å². The molecule has 2 nitrogen and oxygen atoms in total. The van der Waals surface area contributed by atoms with E-state index in [0.717, 1.165) is 0 Å². The average Bonchev–Trinajstić information content (AvgIpc) is 2.45. The number of furan rings is 1. The Morgan fingerprint density at radius 3 is 2.43 bits per heavy atom. The normalized spacial score (nSPS) is 14.4. The molecule has 1 unspecified atom stereocenters. The maximum atomic E-state index is 12.4. The van der Waals surface area contributed by atoms with E-state index in [1.165, 1.54) is 12.1 Å². The second-order valence-corrected chi connectivity index (χ2v) is 3.19. The van der Waals surface area contributed by atoms with Crippen LogP contribution in [0.4, 0.5) is 13.2 Å². The van der Waals surface area contributed by atoms with E-state index in [0.29, 0.717) is 0 Å². The molecule has 0 fully saturated rings. The highest BCUT2D eigenvalue weighted by molar-refractivity contribution is 6.28. The van der Waals surface area contributed by atoms with Crippen molar-refractivity contribution in [3.8, 4) is 0 Å². The number of hydrogen-bond acceptors (Lipinski definition) is 2. The lowest BCUT2D eigenvalue weighted by Gasteiger charge is -2.16. The Kier molecular flexibility index (Phi) is 3.44. The molecule has 2 N–H and O–H groups in total. The Hall–Kier alpha value is -0.680. The third kappa shape index (κ3) is 2.65. The molecule has 14 heavy (non-hydrogen) atoms. The van der Waals surface area contributed by atoms with Gasteiger partial charge in [0.2, 0.25) is 0 Å². The molecular weight excluding hydrogens is 219 g/mol. The van der Waals surface area contributed by atoms with Crippen LogP contribution in [0.25, 0.3) is 0 Å². The topological polar surface area (TPSA) is 39.2 Å². The Morgan fingerprint density at radius 2 is 2.07 bits per heavy atom. The molecule has 0 bridgehead atoms. The molecule has 0 aliphatic rings. The van der Waals surface area contributed by atoms with Crippen molar-refractivity contribution in [2.75, 3.05) is 6.54 Å². The lowest BCUT2D eigenvalue weighted by Crippen LogP contribution is -2.23. The number of rotatable bonds is 3. The zero-order valence-corrected chi connectivity index (χ0v) is 7.90. The van der Waals surface area contributed by atoms with Crippen molar-refractivity contribution in [1.29, 1.82) is 0 Å². The first-order valence-corrected chi connectivity index (χ1v) is 4.35. The van der Waals surface area contributed by atoms with Gasteiger partial charge in [-0.05, 0) is 36.7 Å². The summed E-state index contributed by atoms with van der Waals surface area (Å²) in [4.78, 5) is 0. The van der Waals surface area contributed by atoms with Crippen molar-refractivity contribution in [3.63, 3.8) is 0 Å². The minimum absolute atomic E-state index is 0.0497. The lowest BCUT2D eigenvalue weighted by molar-refractivity contribution is -0.155. The van der Waals surface area contributed by atoms with Gasteiger partial charge in [0, 0.05) is 0 Å². The predicted molar refractivity (Wildman–Crippen MR) is 46.2 cm³/mol. The van der Waals surface area contributed by atoms with Crippen molar-refractivity contribution in [2.45, 2.75) is 18.5 Å². The molecule has 80 valence electrons. The highest BCUT2D eigenvalue weighted by Crippen LogP contribution is 2.38. The quantitative estimate of drug-likeness (QED) is 0.862. The van der Waals surface area contributed by atoms with Gasteiger partial charge in [0.25, 0.3) is 0 Å². The van der Waals surface area contributed by atoms with Crippen LogP contribution in [0.2, 0.25) is 5.22 Å². The van der Waals surface area contributed by atoms with E-state index in [1.54, 1.807) is 0 Å². The van der Waals surface area contributed by atoms with Crippen molar-refractivity contribution in [2.24, 2.45) is 5.73 Å². The zero-order chi connectivity index (χ0) is 10.8. The van der Waals surface area contributed by atoms with Crippen molar-refractivity contribution >= 4 is 11.6 Å². The number of hydrogen-bond donors (Lipinski definition) is 1. The fourth-order valence-electron chi connectivity index (χ4n) is 1.15. The summed E-state index contributed by atoms with van der Waals surface area (Å²) in [7, 11) is 0. The summed E-state index contributed by atoms with van der Waals surface area (Å²) in [5.74, 6) is -1.85. The summed E-state index contributed by atoms with van der Waals surface area (Å²) >= 11 is 5.39. The van der Waals surface area contributed by atoms with Crippen LogP contribution < -0.4 is 5.73 Å². The molecule has 0 aromatic carbocycles. The first-order valence-electron chi connectivity index (χ1n) is 3.97. The molecule has 1 aromatic heterocycles. The van der Waals surface area contributed by atoms with Crippen LogP contribution in [0.15, 0.2) is 16.5 Å². The van der Waals surface area contributed by atoms with Gasteiger partial charge < -0.3 is 10.2 Å². The minimum Gasteiger partial charge on any atom is -0.449 e. The van der Waals surface area contributed by atoms with Crippen molar-refractivity contribution in [1.82, 2.24) is 0 Å². The third-order valence-corrected chi connectivity index (χ3v) is 1.99. The maximum Gasteiger partial charge on any atom is 0.398 e. The van der Waals surface area contributed by atoms with E-state index in [4.69, 9.17) is 21.8 Å². The predicted octanol–water partition coefficient (Wildman–Crippen LogP) is 2.93. The first kappa shape index (κ1) is 11.4. The van der Waals surface area contributed by atoms with Crippen LogP contribution in [0.1, 0.15) is 18.1 Å². The monoisotopic (exact) mass is 227 g/mol. The molecule has 0 saturated carbocycles. The van der Waals surface area contributed by atoms with Gasteiger partial charge in [-0.2, -0.15) is 13.2 Å². The van der Waals surface area contributed by atoms with Crippen LogP contribution in [0.3, 0.4) is 0 Å². The minimum atomic E-state index is -4.35. The van der Waals surface area contributed by atoms with E-state index >= 15 is 0 Å². The number of halogens is 4. The van der Waals surface area contributed by atoms with Crippen LogP contribution in [-0.4, -0.2) is 12.7 Å². The maximum absolute atomic E-state index is 12.4. The smallest absolute Gasteiger partial charge is 0.398 e. The average molecular weight is 228 g/mol. The number of nitrogens with two attached hydrogens (primary N) is 1. The fraction of sp³-hybridized carbons (Fsp3) is 0.500. The van der Waals surface area contributed by atoms with E-state index < -0.39 is 12.1 Å². The zero-order valence-electron chi connectivity index (χ0n) is 7.14. The Labute approximate surface area is 83.8 Å². The molecule has 1 rings (SSSR count). The van der Waals surface area contributed by atoms with Gasteiger partial charge in [0.05, 0.1) is 0 Å². The van der Waals surface area contributed by atoms with E-state index in [1.807, 2.05) is 0 Å². The van der Waals surface area contributed by atoms with Gasteiger partial charge in [0.15, 0.2) is 5.22 Å². The molecule has 0 aliphatic carbocycles. The lowest BCUT2D eigenvalue weighted by atomic mass is 10.0. The summed E-state index contributed by atoms with van der Waals surface area (Å²) in [6.45, 7) is -0.0531. The molecule has 1 aromatic rings. The largest absolute Gasteiger partial charge is 0.449 e. The summed E-state index contributed by atoms with van der Waals surface area (Å²) in [5.41, 5.74) is 5.10. The van der Waals surface area contributed by atoms with Gasteiger partial charge in [-0.3, -0.25) is 0 Å². The van der Waals surface area contributed by atoms with Gasteiger partial charge in [0.1, 0.15) is 11.7 Å². The van der Waals surface area contributed by atoms with Crippen molar-refractivity contribution in [3.05, 3.63) is 23.1 Å². The second-order valence-electron chi connectivity index (χ2n) is 2.81. The van der Waals surface area contributed by atoms with Gasteiger partial charge in [-0.1, -0.05) is 0 Å². The first-order chi connectivity index (χ1) is 6.45.